The van der Waals surface area contributed by atoms with Crippen LogP contribution < -0.4 is 19.5 Å². The van der Waals surface area contributed by atoms with Crippen LogP contribution in [-0.4, -0.2) is 25.2 Å². The molecule has 1 aliphatic rings. The average molecular weight is 369 g/mol. The van der Waals surface area contributed by atoms with E-state index < -0.39 is 0 Å². The highest BCUT2D eigenvalue weighted by atomic mass is 16.5. The highest BCUT2D eigenvalue weighted by Gasteiger charge is 2.22. The molecule has 1 N–H and O–H groups in total. The van der Waals surface area contributed by atoms with Crippen molar-refractivity contribution in [2.45, 2.75) is 46.1 Å². The van der Waals surface area contributed by atoms with E-state index in [1.807, 2.05) is 50.2 Å². The first kappa shape index (κ1) is 19.1. The van der Waals surface area contributed by atoms with E-state index in [9.17, 15) is 4.79 Å². The van der Waals surface area contributed by atoms with Gasteiger partial charge >= 0.3 is 0 Å². The maximum Gasteiger partial charge on any atom is 0.262 e. The maximum absolute atomic E-state index is 12.5. The third-order valence-corrected chi connectivity index (χ3v) is 4.47. The molecule has 0 radical (unpaired) electrons. The standard InChI is InChI=1S/C22H27NO4/c1-5-25-21-11-16-10-15(4)27-20(16)12-18(21)23-22(24)13-26-19-9-7-6-8-17(19)14(2)3/h6-9,11-12,14-15H,5,10,13H2,1-4H3,(H,23,24)/t15-/m1/s1. The van der Waals surface area contributed by atoms with E-state index in [0.29, 0.717) is 24.0 Å². The number of para-hydroxylation sites is 1. The largest absolute Gasteiger partial charge is 0.492 e. The van der Waals surface area contributed by atoms with Crippen LogP contribution in [0.15, 0.2) is 36.4 Å². The molecule has 5 nitrogen and oxygen atoms in total. The second-order valence-corrected chi connectivity index (χ2v) is 7.05. The van der Waals surface area contributed by atoms with E-state index in [4.69, 9.17) is 14.2 Å². The predicted molar refractivity (Wildman–Crippen MR) is 106 cm³/mol. The van der Waals surface area contributed by atoms with Crippen LogP contribution in [0.1, 0.15) is 44.7 Å². The van der Waals surface area contributed by atoms with E-state index in [1.54, 1.807) is 0 Å². The Labute approximate surface area is 160 Å². The van der Waals surface area contributed by atoms with Crippen LogP contribution in [0.2, 0.25) is 0 Å². The zero-order valence-corrected chi connectivity index (χ0v) is 16.4. The van der Waals surface area contributed by atoms with Gasteiger partial charge in [0.05, 0.1) is 12.3 Å². The molecule has 3 rings (SSSR count). The molecule has 0 bridgehead atoms. The number of anilines is 1. The number of hydrogen-bond acceptors (Lipinski definition) is 4. The second kappa shape index (κ2) is 8.33. The molecule has 1 amide bonds. The Bertz CT molecular complexity index is 816. The first-order valence-electron chi connectivity index (χ1n) is 9.45. The molecule has 1 aliphatic heterocycles. The molecule has 27 heavy (non-hydrogen) atoms. The molecule has 1 heterocycles. The van der Waals surface area contributed by atoms with Crippen molar-refractivity contribution in [3.05, 3.63) is 47.5 Å². The van der Waals surface area contributed by atoms with Crippen LogP contribution in [0.25, 0.3) is 0 Å². The number of amides is 1. The molecular weight excluding hydrogens is 342 g/mol. The van der Waals surface area contributed by atoms with Gasteiger partial charge in [-0.15, -0.1) is 0 Å². The Hall–Kier alpha value is -2.69. The lowest BCUT2D eigenvalue weighted by Crippen LogP contribution is -2.21. The van der Waals surface area contributed by atoms with Gasteiger partial charge < -0.3 is 19.5 Å². The van der Waals surface area contributed by atoms with Gasteiger partial charge in [0.2, 0.25) is 0 Å². The van der Waals surface area contributed by atoms with Gasteiger partial charge in [0, 0.05) is 18.1 Å². The topological polar surface area (TPSA) is 56.8 Å². The molecule has 144 valence electrons. The maximum atomic E-state index is 12.5. The van der Waals surface area contributed by atoms with Crippen LogP contribution in [0.4, 0.5) is 5.69 Å². The molecule has 5 heteroatoms. The van der Waals surface area contributed by atoms with Gasteiger partial charge in [0.15, 0.2) is 6.61 Å². The third-order valence-electron chi connectivity index (χ3n) is 4.47. The lowest BCUT2D eigenvalue weighted by Gasteiger charge is -2.15. The van der Waals surface area contributed by atoms with Crippen molar-refractivity contribution >= 4 is 11.6 Å². The SMILES string of the molecule is CCOc1cc2c(cc1NC(=O)COc1ccccc1C(C)C)O[C@H](C)C2. The molecular formula is C22H27NO4. The smallest absolute Gasteiger partial charge is 0.262 e. The summed E-state index contributed by atoms with van der Waals surface area (Å²) in [6.07, 6.45) is 0.981. The Morgan fingerprint density at radius 3 is 2.74 bits per heavy atom. The molecule has 0 saturated carbocycles. The minimum atomic E-state index is -0.236. The van der Waals surface area contributed by atoms with Crippen LogP contribution in [0, 0.1) is 0 Å². The zero-order chi connectivity index (χ0) is 19.4. The Kier molecular flexibility index (Phi) is 5.89. The van der Waals surface area contributed by atoms with Gasteiger partial charge in [-0.25, -0.2) is 0 Å². The van der Waals surface area contributed by atoms with Crippen LogP contribution in [0.3, 0.4) is 0 Å². The number of rotatable bonds is 7. The van der Waals surface area contributed by atoms with Gasteiger partial charge in [0.25, 0.3) is 5.91 Å². The number of benzene rings is 2. The summed E-state index contributed by atoms with van der Waals surface area (Å²) in [5, 5.41) is 2.89. The molecule has 1 atom stereocenters. The first-order valence-corrected chi connectivity index (χ1v) is 9.45. The summed E-state index contributed by atoms with van der Waals surface area (Å²) in [5.41, 5.74) is 2.79. The molecule has 0 aliphatic carbocycles. The minimum absolute atomic E-state index is 0.0658. The summed E-state index contributed by atoms with van der Waals surface area (Å²) < 4.78 is 17.3. The number of nitrogens with one attached hydrogen (secondary N) is 1. The fourth-order valence-corrected chi connectivity index (χ4v) is 3.23. The summed E-state index contributed by atoms with van der Waals surface area (Å²) in [6.45, 7) is 8.60. The van der Waals surface area contributed by atoms with Crippen LogP contribution >= 0.6 is 0 Å². The van der Waals surface area contributed by atoms with Gasteiger partial charge in [-0.3, -0.25) is 4.79 Å². The van der Waals surface area contributed by atoms with Crippen LogP contribution in [0.5, 0.6) is 17.2 Å². The highest BCUT2D eigenvalue weighted by molar-refractivity contribution is 5.93. The lowest BCUT2D eigenvalue weighted by molar-refractivity contribution is -0.118. The molecule has 0 aromatic heterocycles. The zero-order valence-electron chi connectivity index (χ0n) is 16.4. The number of carbonyl (C=O) groups is 1. The van der Waals surface area contributed by atoms with Crippen molar-refractivity contribution in [3.8, 4) is 17.2 Å². The summed E-state index contributed by atoms with van der Waals surface area (Å²) in [5.74, 6) is 2.28. The second-order valence-electron chi connectivity index (χ2n) is 7.05. The lowest BCUT2D eigenvalue weighted by atomic mass is 10.0. The molecule has 0 spiro atoms. The quantitative estimate of drug-likeness (QED) is 0.778. The van der Waals surface area contributed by atoms with Crippen molar-refractivity contribution < 1.29 is 19.0 Å². The normalized spacial score (nSPS) is 15.2. The van der Waals surface area contributed by atoms with Crippen molar-refractivity contribution in [1.29, 1.82) is 0 Å². The monoisotopic (exact) mass is 369 g/mol. The van der Waals surface area contributed by atoms with E-state index in [1.165, 1.54) is 0 Å². The Morgan fingerprint density at radius 2 is 2.00 bits per heavy atom. The van der Waals surface area contributed by atoms with Gasteiger partial charge in [0.1, 0.15) is 23.4 Å². The van der Waals surface area contributed by atoms with Gasteiger partial charge in [-0.05, 0) is 37.5 Å². The number of ether oxygens (including phenoxy) is 3. The van der Waals surface area contributed by atoms with Crippen molar-refractivity contribution in [2.75, 3.05) is 18.5 Å². The summed E-state index contributed by atoms with van der Waals surface area (Å²) >= 11 is 0. The Balaban J connectivity index is 1.70. The molecule has 2 aromatic carbocycles. The molecule has 0 unspecified atom stereocenters. The number of carbonyl (C=O) groups excluding carboxylic acids is 1. The van der Waals surface area contributed by atoms with E-state index >= 15 is 0 Å². The molecule has 2 aromatic rings. The van der Waals surface area contributed by atoms with Gasteiger partial charge in [-0.2, -0.15) is 0 Å². The fraction of sp³-hybridized carbons (Fsp3) is 0.409. The molecule has 0 fully saturated rings. The third kappa shape index (κ3) is 4.54. The average Bonchev–Trinajstić information content (AvgIpc) is 2.99. The summed E-state index contributed by atoms with van der Waals surface area (Å²) in [6, 6.07) is 11.6. The van der Waals surface area contributed by atoms with Crippen molar-refractivity contribution in [3.63, 3.8) is 0 Å². The minimum Gasteiger partial charge on any atom is -0.492 e. The summed E-state index contributed by atoms with van der Waals surface area (Å²) in [7, 11) is 0. The number of hydrogen-bond donors (Lipinski definition) is 1. The highest BCUT2D eigenvalue weighted by Crippen LogP contribution is 2.38. The van der Waals surface area contributed by atoms with Crippen molar-refractivity contribution in [1.82, 2.24) is 0 Å². The molecule has 0 saturated heterocycles. The van der Waals surface area contributed by atoms with Crippen LogP contribution in [-0.2, 0) is 11.2 Å². The van der Waals surface area contributed by atoms with E-state index in [0.717, 1.165) is 29.0 Å². The summed E-state index contributed by atoms with van der Waals surface area (Å²) in [4.78, 5) is 12.5. The van der Waals surface area contributed by atoms with Crippen molar-refractivity contribution in [2.24, 2.45) is 0 Å². The fourth-order valence-electron chi connectivity index (χ4n) is 3.23. The first-order chi connectivity index (χ1) is 13.0. The van der Waals surface area contributed by atoms with Gasteiger partial charge in [-0.1, -0.05) is 32.0 Å². The van der Waals surface area contributed by atoms with E-state index in [-0.39, 0.29) is 18.6 Å². The predicted octanol–water partition coefficient (Wildman–Crippen LogP) is 4.55. The van der Waals surface area contributed by atoms with E-state index in [2.05, 4.69) is 19.2 Å². The number of fused-ring (bicyclic) bond motifs is 1. The Morgan fingerprint density at radius 1 is 1.22 bits per heavy atom.